The lowest BCUT2D eigenvalue weighted by molar-refractivity contribution is 0.0696. The molecule has 5 heteroatoms. The summed E-state index contributed by atoms with van der Waals surface area (Å²) in [6.07, 6.45) is 1.63. The first-order valence-electron chi connectivity index (χ1n) is 6.21. The van der Waals surface area contributed by atoms with E-state index in [9.17, 15) is 4.79 Å². The summed E-state index contributed by atoms with van der Waals surface area (Å²) in [4.78, 5) is 17.3. The van der Waals surface area contributed by atoms with Gasteiger partial charge in [0.15, 0.2) is 0 Å². The highest BCUT2D eigenvalue weighted by molar-refractivity contribution is 5.94. The highest BCUT2D eigenvalue weighted by Gasteiger charge is 2.18. The van der Waals surface area contributed by atoms with Crippen LogP contribution in [0.2, 0.25) is 0 Å². The van der Waals surface area contributed by atoms with E-state index in [4.69, 9.17) is 9.84 Å². The number of aromatic carboxylic acids is 1. The van der Waals surface area contributed by atoms with Crippen molar-refractivity contribution in [1.29, 1.82) is 0 Å². The Hall–Kier alpha value is -1.62. The fourth-order valence-electron chi connectivity index (χ4n) is 1.78. The van der Waals surface area contributed by atoms with Gasteiger partial charge >= 0.3 is 5.97 Å². The van der Waals surface area contributed by atoms with E-state index in [0.717, 1.165) is 5.69 Å². The lowest BCUT2D eigenvalue weighted by atomic mass is 10.1. The molecule has 1 fully saturated rings. The number of hydrogen-bond donors (Lipinski definition) is 1. The molecule has 2 rings (SSSR count). The molecule has 2 heterocycles. The van der Waals surface area contributed by atoms with Gasteiger partial charge in [-0.15, -0.1) is 0 Å². The third kappa shape index (κ3) is 3.43. The number of nitrogens with zero attached hydrogens (tertiary/aromatic N) is 2. The number of carboxylic acid groups (broad SMARTS) is 1. The van der Waals surface area contributed by atoms with Crippen molar-refractivity contribution in [3.05, 3.63) is 23.5 Å². The standard InChI is InChI=1S/C11H14N2O3.C2H6/c1-8-6-9(11(14)15)10(7-12-8)13-2-4-16-5-3-13;1-2/h6-7H,2-5H2,1H3,(H,14,15);1-2H3. The molecule has 1 aliphatic rings. The predicted octanol–water partition coefficient (Wildman–Crippen LogP) is 1.95. The molecule has 1 N–H and O–H groups in total. The third-order valence-corrected chi connectivity index (χ3v) is 2.60. The first kappa shape index (κ1) is 14.4. The van der Waals surface area contributed by atoms with Crippen LogP contribution in [0.25, 0.3) is 0 Å². The summed E-state index contributed by atoms with van der Waals surface area (Å²) in [6.45, 7) is 8.48. The Morgan fingerprint density at radius 1 is 1.39 bits per heavy atom. The molecule has 0 amide bonds. The number of aryl methyl sites for hydroxylation is 1. The molecule has 0 saturated carbocycles. The maximum absolute atomic E-state index is 11.1. The molecule has 0 bridgehead atoms. The second kappa shape index (κ2) is 6.96. The van der Waals surface area contributed by atoms with Crippen LogP contribution in [0.3, 0.4) is 0 Å². The molecule has 0 radical (unpaired) electrons. The maximum Gasteiger partial charge on any atom is 0.337 e. The smallest absolute Gasteiger partial charge is 0.337 e. The lowest BCUT2D eigenvalue weighted by Crippen LogP contribution is -2.37. The summed E-state index contributed by atoms with van der Waals surface area (Å²) in [5, 5.41) is 9.14. The van der Waals surface area contributed by atoms with Gasteiger partial charge in [0.05, 0.1) is 30.7 Å². The maximum atomic E-state index is 11.1. The fourth-order valence-corrected chi connectivity index (χ4v) is 1.78. The summed E-state index contributed by atoms with van der Waals surface area (Å²) in [7, 11) is 0. The van der Waals surface area contributed by atoms with E-state index in [1.165, 1.54) is 0 Å². The zero-order chi connectivity index (χ0) is 13.5. The average molecular weight is 252 g/mol. The van der Waals surface area contributed by atoms with Crippen LogP contribution in [0.15, 0.2) is 12.3 Å². The van der Waals surface area contributed by atoms with Crippen molar-refractivity contribution >= 4 is 11.7 Å². The van der Waals surface area contributed by atoms with Gasteiger partial charge in [0.1, 0.15) is 0 Å². The summed E-state index contributed by atoms with van der Waals surface area (Å²) in [5.41, 5.74) is 1.71. The first-order valence-corrected chi connectivity index (χ1v) is 6.21. The molecular weight excluding hydrogens is 232 g/mol. The Balaban J connectivity index is 0.000000771. The van der Waals surface area contributed by atoms with Gasteiger partial charge in [0.25, 0.3) is 0 Å². The number of pyridine rings is 1. The highest BCUT2D eigenvalue weighted by Crippen LogP contribution is 2.21. The minimum absolute atomic E-state index is 0.314. The molecular formula is C13H20N2O3. The van der Waals surface area contributed by atoms with Crippen molar-refractivity contribution < 1.29 is 14.6 Å². The van der Waals surface area contributed by atoms with E-state index >= 15 is 0 Å². The van der Waals surface area contributed by atoms with E-state index in [1.807, 2.05) is 18.7 Å². The number of anilines is 1. The van der Waals surface area contributed by atoms with Crippen LogP contribution >= 0.6 is 0 Å². The van der Waals surface area contributed by atoms with Crippen molar-refractivity contribution in [2.75, 3.05) is 31.2 Å². The third-order valence-electron chi connectivity index (χ3n) is 2.60. The molecule has 0 aromatic carbocycles. The second-order valence-corrected chi connectivity index (χ2v) is 3.75. The quantitative estimate of drug-likeness (QED) is 0.871. The molecule has 5 nitrogen and oxygen atoms in total. The number of carbonyl (C=O) groups is 1. The van der Waals surface area contributed by atoms with Crippen LogP contribution < -0.4 is 4.90 Å². The molecule has 1 saturated heterocycles. The Morgan fingerprint density at radius 2 is 2.00 bits per heavy atom. The second-order valence-electron chi connectivity index (χ2n) is 3.75. The van der Waals surface area contributed by atoms with Crippen molar-refractivity contribution in [2.45, 2.75) is 20.8 Å². The number of aromatic nitrogens is 1. The van der Waals surface area contributed by atoms with Crippen molar-refractivity contribution in [3.8, 4) is 0 Å². The number of rotatable bonds is 2. The Labute approximate surface area is 107 Å². The van der Waals surface area contributed by atoms with Gasteiger partial charge in [-0.1, -0.05) is 13.8 Å². The average Bonchev–Trinajstić information content (AvgIpc) is 2.42. The molecule has 0 aliphatic carbocycles. The molecule has 1 aromatic rings. The summed E-state index contributed by atoms with van der Waals surface area (Å²) >= 11 is 0. The van der Waals surface area contributed by atoms with Crippen molar-refractivity contribution in [3.63, 3.8) is 0 Å². The molecule has 0 spiro atoms. The molecule has 0 atom stereocenters. The van der Waals surface area contributed by atoms with Crippen LogP contribution in [0.5, 0.6) is 0 Å². The van der Waals surface area contributed by atoms with Gasteiger partial charge in [-0.25, -0.2) is 4.79 Å². The van der Waals surface area contributed by atoms with Crippen LogP contribution in [0.4, 0.5) is 5.69 Å². The van der Waals surface area contributed by atoms with Crippen molar-refractivity contribution in [2.24, 2.45) is 0 Å². The van der Waals surface area contributed by atoms with Crippen LogP contribution in [0, 0.1) is 6.92 Å². The van der Waals surface area contributed by atoms with Crippen LogP contribution in [0.1, 0.15) is 29.9 Å². The van der Waals surface area contributed by atoms with E-state index in [0.29, 0.717) is 37.6 Å². The van der Waals surface area contributed by atoms with Gasteiger partial charge in [-0.3, -0.25) is 4.98 Å². The molecule has 100 valence electrons. The number of hydrogen-bond acceptors (Lipinski definition) is 4. The van der Waals surface area contributed by atoms with E-state index in [1.54, 1.807) is 19.2 Å². The fraction of sp³-hybridized carbons (Fsp3) is 0.538. The number of ether oxygens (including phenoxy) is 1. The zero-order valence-corrected chi connectivity index (χ0v) is 11.1. The van der Waals surface area contributed by atoms with Gasteiger partial charge in [0.2, 0.25) is 0 Å². The van der Waals surface area contributed by atoms with Crippen molar-refractivity contribution in [1.82, 2.24) is 4.98 Å². The van der Waals surface area contributed by atoms with Gasteiger partial charge in [-0.05, 0) is 13.0 Å². The Morgan fingerprint density at radius 3 is 2.56 bits per heavy atom. The lowest BCUT2D eigenvalue weighted by Gasteiger charge is -2.29. The first-order chi connectivity index (χ1) is 8.68. The predicted molar refractivity (Wildman–Crippen MR) is 70.3 cm³/mol. The zero-order valence-electron chi connectivity index (χ0n) is 11.1. The SMILES string of the molecule is CC.Cc1cc(C(=O)O)c(N2CCOCC2)cn1. The van der Waals surface area contributed by atoms with E-state index < -0.39 is 5.97 Å². The summed E-state index contributed by atoms with van der Waals surface area (Å²) in [5.74, 6) is -0.910. The van der Waals surface area contributed by atoms with E-state index in [2.05, 4.69) is 4.98 Å². The Bertz CT molecular complexity index is 401. The number of morpholine rings is 1. The largest absolute Gasteiger partial charge is 0.478 e. The normalized spacial score (nSPS) is 14.7. The summed E-state index contributed by atoms with van der Waals surface area (Å²) in [6, 6.07) is 1.60. The molecule has 18 heavy (non-hydrogen) atoms. The van der Waals surface area contributed by atoms with Gasteiger partial charge in [0, 0.05) is 18.8 Å². The van der Waals surface area contributed by atoms with Crippen LogP contribution in [-0.4, -0.2) is 42.4 Å². The van der Waals surface area contributed by atoms with Gasteiger partial charge < -0.3 is 14.7 Å². The van der Waals surface area contributed by atoms with Gasteiger partial charge in [-0.2, -0.15) is 0 Å². The Kier molecular flexibility index (Phi) is 5.58. The van der Waals surface area contributed by atoms with E-state index in [-0.39, 0.29) is 0 Å². The molecule has 0 unspecified atom stereocenters. The monoisotopic (exact) mass is 252 g/mol. The minimum Gasteiger partial charge on any atom is -0.478 e. The minimum atomic E-state index is -0.910. The molecule has 1 aliphatic heterocycles. The topological polar surface area (TPSA) is 62.7 Å². The highest BCUT2D eigenvalue weighted by atomic mass is 16.5. The number of carboxylic acids is 1. The summed E-state index contributed by atoms with van der Waals surface area (Å²) < 4.78 is 5.24. The van der Waals surface area contributed by atoms with Crippen LogP contribution in [-0.2, 0) is 4.74 Å². The molecule has 1 aromatic heterocycles.